The molecule has 0 heterocycles. The Hall–Kier alpha value is -1.65. The van der Waals surface area contributed by atoms with Crippen molar-refractivity contribution in [2.75, 3.05) is 13.7 Å². The van der Waals surface area contributed by atoms with Gasteiger partial charge < -0.3 is 18.9 Å². The molecule has 0 aromatic heterocycles. The molecule has 2 atom stereocenters. The molecule has 0 aliphatic rings. The molecule has 0 fully saturated rings. The summed E-state index contributed by atoms with van der Waals surface area (Å²) in [5, 5.41) is 0. The number of hydrogen-bond donors (Lipinski definition) is 1. The van der Waals surface area contributed by atoms with Crippen molar-refractivity contribution in [3.63, 3.8) is 0 Å². The average molecular weight is 350 g/mol. The van der Waals surface area contributed by atoms with Gasteiger partial charge in [0.15, 0.2) is 6.29 Å². The summed E-state index contributed by atoms with van der Waals surface area (Å²) in [7, 11) is -1.96. The van der Waals surface area contributed by atoms with E-state index in [2.05, 4.69) is 0 Å². The van der Waals surface area contributed by atoms with Crippen LogP contribution >= 0.6 is 7.60 Å². The fraction of sp³-hybridized carbons (Fsp3) is 0.333. The van der Waals surface area contributed by atoms with Crippen molar-refractivity contribution < 1.29 is 23.5 Å². The van der Waals surface area contributed by atoms with Crippen molar-refractivity contribution in [1.82, 2.24) is 0 Å². The summed E-state index contributed by atoms with van der Waals surface area (Å²) in [5.74, 6) is 0.739. The van der Waals surface area contributed by atoms with Crippen molar-refractivity contribution in [1.29, 1.82) is 0 Å². The summed E-state index contributed by atoms with van der Waals surface area (Å²) >= 11 is 0. The molecule has 0 radical (unpaired) electrons. The Kier molecular flexibility index (Phi) is 6.58. The van der Waals surface area contributed by atoms with E-state index in [-0.39, 0.29) is 19.1 Å². The van der Waals surface area contributed by atoms with Gasteiger partial charge in [0.2, 0.25) is 0 Å². The fourth-order valence-electron chi connectivity index (χ4n) is 2.25. The van der Waals surface area contributed by atoms with Crippen molar-refractivity contribution in [2.45, 2.75) is 26.3 Å². The third-order valence-corrected chi connectivity index (χ3v) is 4.92. The molecule has 0 spiro atoms. The van der Waals surface area contributed by atoms with Gasteiger partial charge in [-0.3, -0.25) is 4.57 Å². The van der Waals surface area contributed by atoms with Crippen LogP contribution in [0.25, 0.3) is 11.1 Å². The van der Waals surface area contributed by atoms with Crippen molar-refractivity contribution in [3.05, 3.63) is 54.1 Å². The van der Waals surface area contributed by atoms with Crippen LogP contribution in [-0.4, -0.2) is 24.9 Å². The van der Waals surface area contributed by atoms with Gasteiger partial charge in [-0.25, -0.2) is 0 Å². The average Bonchev–Trinajstić information content (AvgIpc) is 2.56. The van der Waals surface area contributed by atoms with Crippen LogP contribution in [-0.2, 0) is 20.0 Å². The maximum Gasteiger partial charge on any atom is 0.332 e. The molecule has 0 aliphatic heterocycles. The first-order valence-electron chi connectivity index (χ1n) is 7.78. The van der Waals surface area contributed by atoms with E-state index < -0.39 is 7.60 Å². The molecular weight excluding hydrogens is 327 g/mol. The van der Waals surface area contributed by atoms with Crippen molar-refractivity contribution >= 4 is 7.60 Å². The minimum atomic E-state index is -3.55. The molecule has 2 rings (SSSR count). The Labute approximate surface area is 142 Å². The zero-order valence-electron chi connectivity index (χ0n) is 14.1. The normalized spacial score (nSPS) is 14.8. The lowest BCUT2D eigenvalue weighted by Gasteiger charge is -2.13. The molecule has 130 valence electrons. The highest BCUT2D eigenvalue weighted by Gasteiger charge is 2.18. The molecule has 0 saturated heterocycles. The molecule has 24 heavy (non-hydrogen) atoms. The SMILES string of the molecule is CCOP(=O)(O)Cc1ccc(-c2ccc(OC(C)OC)cc2)cc1. The van der Waals surface area contributed by atoms with E-state index in [1.54, 1.807) is 14.0 Å². The van der Waals surface area contributed by atoms with Gasteiger partial charge in [0.25, 0.3) is 0 Å². The van der Waals surface area contributed by atoms with Crippen LogP contribution in [0, 0.1) is 0 Å². The van der Waals surface area contributed by atoms with E-state index in [4.69, 9.17) is 14.0 Å². The van der Waals surface area contributed by atoms with E-state index in [9.17, 15) is 9.46 Å². The number of methoxy groups -OCH3 is 1. The van der Waals surface area contributed by atoms with Crippen LogP contribution in [0.15, 0.2) is 48.5 Å². The summed E-state index contributed by atoms with van der Waals surface area (Å²) in [4.78, 5) is 9.69. The first kappa shape index (κ1) is 18.7. The summed E-state index contributed by atoms with van der Waals surface area (Å²) in [6.07, 6.45) is -0.280. The fourth-order valence-corrected chi connectivity index (χ4v) is 3.41. The second-order valence-corrected chi connectivity index (χ2v) is 7.21. The number of hydrogen-bond acceptors (Lipinski definition) is 4. The van der Waals surface area contributed by atoms with Gasteiger partial charge in [-0.2, -0.15) is 0 Å². The highest BCUT2D eigenvalue weighted by atomic mass is 31.2. The lowest BCUT2D eigenvalue weighted by atomic mass is 10.0. The van der Waals surface area contributed by atoms with Crippen LogP contribution in [0.3, 0.4) is 0 Å². The summed E-state index contributed by atoms with van der Waals surface area (Å²) in [6, 6.07) is 15.2. The van der Waals surface area contributed by atoms with Gasteiger partial charge in [-0.1, -0.05) is 36.4 Å². The molecule has 0 saturated carbocycles. The van der Waals surface area contributed by atoms with Crippen molar-refractivity contribution in [3.8, 4) is 16.9 Å². The Balaban J connectivity index is 2.06. The minimum Gasteiger partial charge on any atom is -0.465 e. The molecule has 0 aliphatic carbocycles. The van der Waals surface area contributed by atoms with Gasteiger partial charge in [0.05, 0.1) is 12.8 Å². The first-order chi connectivity index (χ1) is 11.4. The van der Waals surface area contributed by atoms with Crippen molar-refractivity contribution in [2.24, 2.45) is 0 Å². The van der Waals surface area contributed by atoms with E-state index in [0.29, 0.717) is 0 Å². The molecule has 0 amide bonds. The second kappa shape index (κ2) is 8.45. The Bertz CT molecular complexity index is 682. The second-order valence-electron chi connectivity index (χ2n) is 5.36. The monoisotopic (exact) mass is 350 g/mol. The predicted molar refractivity (Wildman–Crippen MR) is 94.1 cm³/mol. The van der Waals surface area contributed by atoms with E-state index in [1.165, 1.54) is 0 Å². The molecule has 5 nitrogen and oxygen atoms in total. The van der Waals surface area contributed by atoms with Crippen LogP contribution in [0.1, 0.15) is 19.4 Å². The molecule has 2 aromatic rings. The molecule has 2 unspecified atom stereocenters. The van der Waals surface area contributed by atoms with Gasteiger partial charge in [0.1, 0.15) is 5.75 Å². The minimum absolute atomic E-state index is 0.0167. The maximum atomic E-state index is 11.8. The Morgan fingerprint density at radius 3 is 2.08 bits per heavy atom. The van der Waals surface area contributed by atoms with Gasteiger partial charge in [-0.15, -0.1) is 0 Å². The zero-order chi connectivity index (χ0) is 17.6. The zero-order valence-corrected chi connectivity index (χ0v) is 15.0. The number of benzene rings is 2. The molecule has 2 aromatic carbocycles. The van der Waals surface area contributed by atoms with E-state index in [1.807, 2.05) is 55.5 Å². The summed E-state index contributed by atoms with van der Waals surface area (Å²) in [5.41, 5.74) is 2.83. The predicted octanol–water partition coefficient (Wildman–Crippen LogP) is 4.45. The molecule has 0 bridgehead atoms. The van der Waals surface area contributed by atoms with Gasteiger partial charge >= 0.3 is 7.60 Å². The van der Waals surface area contributed by atoms with Crippen LogP contribution in [0.5, 0.6) is 5.75 Å². The summed E-state index contributed by atoms with van der Waals surface area (Å²) in [6.45, 7) is 3.75. The molecule has 1 N–H and O–H groups in total. The first-order valence-corrected chi connectivity index (χ1v) is 9.55. The molecular formula is C18H23O5P. The highest BCUT2D eigenvalue weighted by Crippen LogP contribution is 2.45. The Morgan fingerprint density at radius 2 is 1.58 bits per heavy atom. The topological polar surface area (TPSA) is 65.0 Å². The highest BCUT2D eigenvalue weighted by molar-refractivity contribution is 7.51. The quantitative estimate of drug-likeness (QED) is 0.563. The third kappa shape index (κ3) is 5.46. The van der Waals surface area contributed by atoms with Crippen LogP contribution in [0.2, 0.25) is 0 Å². The number of ether oxygens (including phenoxy) is 2. The standard InChI is InChI=1S/C18H23O5P/c1-4-22-24(19,20)13-15-5-7-16(8-6-15)17-9-11-18(12-10-17)23-14(2)21-3/h5-12,14H,4,13H2,1-3H3,(H,19,20). The molecule has 6 heteroatoms. The summed E-state index contributed by atoms with van der Waals surface area (Å²) < 4.78 is 27.3. The number of rotatable bonds is 8. The smallest absolute Gasteiger partial charge is 0.332 e. The van der Waals surface area contributed by atoms with E-state index in [0.717, 1.165) is 22.4 Å². The lowest BCUT2D eigenvalue weighted by molar-refractivity contribution is -0.0382. The lowest BCUT2D eigenvalue weighted by Crippen LogP contribution is -2.13. The van der Waals surface area contributed by atoms with Gasteiger partial charge in [0, 0.05) is 7.11 Å². The maximum absolute atomic E-state index is 11.8. The van der Waals surface area contributed by atoms with Gasteiger partial charge in [-0.05, 0) is 42.7 Å². The van der Waals surface area contributed by atoms with Crippen LogP contribution in [0.4, 0.5) is 0 Å². The van der Waals surface area contributed by atoms with E-state index >= 15 is 0 Å². The Morgan fingerprint density at radius 1 is 1.04 bits per heavy atom. The van der Waals surface area contributed by atoms with Crippen LogP contribution < -0.4 is 4.74 Å². The largest absolute Gasteiger partial charge is 0.465 e. The third-order valence-electron chi connectivity index (χ3n) is 3.49.